The lowest BCUT2D eigenvalue weighted by Gasteiger charge is -2.24. The SMILES string of the molecule is CCNC(=NCC(C)(C)NS(C)(=O)=O)NC(C)COC1CCOC1.I. The lowest BCUT2D eigenvalue weighted by atomic mass is 10.1. The molecule has 2 atom stereocenters. The minimum Gasteiger partial charge on any atom is -0.379 e. The first-order valence-corrected chi connectivity index (χ1v) is 10.2. The van der Waals surface area contributed by atoms with Crippen LogP contribution in [-0.4, -0.2) is 71.2 Å². The molecule has 0 saturated carbocycles. The minimum atomic E-state index is -3.28. The van der Waals surface area contributed by atoms with Gasteiger partial charge in [-0.1, -0.05) is 0 Å². The number of nitrogens with one attached hydrogen (secondary N) is 3. The highest BCUT2D eigenvalue weighted by Gasteiger charge is 2.22. The smallest absolute Gasteiger partial charge is 0.209 e. The Morgan fingerprint density at radius 1 is 1.44 bits per heavy atom. The quantitative estimate of drug-likeness (QED) is 0.249. The summed E-state index contributed by atoms with van der Waals surface area (Å²) in [4.78, 5) is 4.48. The second kappa shape index (κ2) is 11.5. The molecule has 1 heterocycles. The number of nitrogens with zero attached hydrogens (tertiary/aromatic N) is 1. The number of guanidine groups is 1. The van der Waals surface area contributed by atoms with Crippen molar-refractivity contribution in [3.63, 3.8) is 0 Å². The third-order valence-corrected chi connectivity index (χ3v) is 4.21. The van der Waals surface area contributed by atoms with E-state index in [1.165, 1.54) is 0 Å². The maximum atomic E-state index is 11.4. The second-order valence-electron chi connectivity index (χ2n) is 6.82. The molecule has 3 N–H and O–H groups in total. The minimum absolute atomic E-state index is 0. The highest BCUT2D eigenvalue weighted by atomic mass is 127. The molecule has 0 aromatic carbocycles. The number of halogens is 1. The summed E-state index contributed by atoms with van der Waals surface area (Å²) in [5, 5.41) is 6.43. The van der Waals surface area contributed by atoms with Crippen molar-refractivity contribution in [2.75, 3.05) is 39.2 Å². The number of hydrogen-bond acceptors (Lipinski definition) is 5. The van der Waals surface area contributed by atoms with Crippen LogP contribution in [0, 0.1) is 0 Å². The molecular weight excluding hydrogens is 459 g/mol. The maximum Gasteiger partial charge on any atom is 0.209 e. The van der Waals surface area contributed by atoms with Gasteiger partial charge in [-0.05, 0) is 34.1 Å². The van der Waals surface area contributed by atoms with Crippen LogP contribution in [0.4, 0.5) is 0 Å². The summed E-state index contributed by atoms with van der Waals surface area (Å²) < 4.78 is 36.4. The number of hydrogen-bond donors (Lipinski definition) is 3. The Morgan fingerprint density at radius 2 is 2.12 bits per heavy atom. The third kappa shape index (κ3) is 11.9. The second-order valence-corrected chi connectivity index (χ2v) is 8.57. The van der Waals surface area contributed by atoms with Crippen LogP contribution in [0.25, 0.3) is 0 Å². The predicted molar refractivity (Wildman–Crippen MR) is 111 cm³/mol. The first kappa shape index (κ1) is 24.8. The van der Waals surface area contributed by atoms with Gasteiger partial charge in [0.25, 0.3) is 0 Å². The van der Waals surface area contributed by atoms with Crippen LogP contribution in [0.5, 0.6) is 0 Å². The van der Waals surface area contributed by atoms with Crippen molar-refractivity contribution >= 4 is 40.0 Å². The van der Waals surface area contributed by atoms with Crippen LogP contribution < -0.4 is 15.4 Å². The highest BCUT2D eigenvalue weighted by molar-refractivity contribution is 14.0. The first-order valence-electron chi connectivity index (χ1n) is 8.34. The van der Waals surface area contributed by atoms with Gasteiger partial charge in [0, 0.05) is 24.7 Å². The fourth-order valence-electron chi connectivity index (χ4n) is 2.33. The van der Waals surface area contributed by atoms with E-state index in [1.807, 2.05) is 13.8 Å². The average Bonchev–Trinajstić information content (AvgIpc) is 2.93. The van der Waals surface area contributed by atoms with Gasteiger partial charge in [-0.15, -0.1) is 24.0 Å². The summed E-state index contributed by atoms with van der Waals surface area (Å²) in [6.45, 7) is 10.6. The maximum absolute atomic E-state index is 11.4. The number of ether oxygens (including phenoxy) is 2. The Morgan fingerprint density at radius 3 is 2.64 bits per heavy atom. The van der Waals surface area contributed by atoms with Gasteiger partial charge in [-0.3, -0.25) is 4.99 Å². The summed E-state index contributed by atoms with van der Waals surface area (Å²) in [6.07, 6.45) is 2.26. The summed E-state index contributed by atoms with van der Waals surface area (Å²) in [5.74, 6) is 0.639. The standard InChI is InChI=1S/C15H32N4O4S.HI/c1-6-16-14(17-11-15(3,4)19-24(5,20)21)18-12(2)9-23-13-7-8-22-10-13;/h12-13,19H,6-11H2,1-5H3,(H2,16,17,18);1H. The van der Waals surface area contributed by atoms with Gasteiger partial charge in [0.05, 0.1) is 32.1 Å². The van der Waals surface area contributed by atoms with Crippen molar-refractivity contribution in [2.45, 2.75) is 51.8 Å². The molecule has 0 aliphatic carbocycles. The fraction of sp³-hybridized carbons (Fsp3) is 0.933. The van der Waals surface area contributed by atoms with Crippen molar-refractivity contribution in [1.29, 1.82) is 0 Å². The van der Waals surface area contributed by atoms with Crippen LogP contribution in [-0.2, 0) is 19.5 Å². The molecule has 0 aromatic heterocycles. The lowest BCUT2D eigenvalue weighted by molar-refractivity contribution is 0.0347. The molecule has 1 rings (SSSR count). The molecule has 10 heteroatoms. The van der Waals surface area contributed by atoms with Crippen molar-refractivity contribution in [3.05, 3.63) is 0 Å². The van der Waals surface area contributed by atoms with Crippen LogP contribution >= 0.6 is 24.0 Å². The summed E-state index contributed by atoms with van der Waals surface area (Å²) in [7, 11) is -3.28. The van der Waals surface area contributed by atoms with Crippen molar-refractivity contribution < 1.29 is 17.9 Å². The van der Waals surface area contributed by atoms with Crippen LogP contribution in [0.15, 0.2) is 4.99 Å². The lowest BCUT2D eigenvalue weighted by Crippen LogP contribution is -2.48. The van der Waals surface area contributed by atoms with Gasteiger partial charge in [0.2, 0.25) is 10.0 Å². The highest BCUT2D eigenvalue weighted by Crippen LogP contribution is 2.08. The summed E-state index contributed by atoms with van der Waals surface area (Å²) in [6, 6.07) is 0.0781. The van der Waals surface area contributed by atoms with E-state index in [1.54, 1.807) is 13.8 Å². The number of aliphatic imine (C=N–C) groups is 1. The van der Waals surface area contributed by atoms with E-state index in [9.17, 15) is 8.42 Å². The van der Waals surface area contributed by atoms with E-state index in [2.05, 4.69) is 20.3 Å². The Hall–Kier alpha value is -0.170. The average molecular weight is 492 g/mol. The van der Waals surface area contributed by atoms with Crippen LogP contribution in [0.3, 0.4) is 0 Å². The van der Waals surface area contributed by atoms with E-state index in [0.717, 1.165) is 25.8 Å². The van der Waals surface area contributed by atoms with Gasteiger partial charge in [-0.25, -0.2) is 13.1 Å². The Balaban J connectivity index is 0.00000576. The van der Waals surface area contributed by atoms with E-state index in [0.29, 0.717) is 25.7 Å². The molecule has 150 valence electrons. The summed E-state index contributed by atoms with van der Waals surface area (Å²) in [5.41, 5.74) is -0.656. The van der Waals surface area contributed by atoms with E-state index >= 15 is 0 Å². The van der Waals surface area contributed by atoms with Gasteiger partial charge in [0.15, 0.2) is 5.96 Å². The van der Waals surface area contributed by atoms with E-state index in [4.69, 9.17) is 9.47 Å². The number of rotatable bonds is 9. The molecule has 0 spiro atoms. The molecule has 2 unspecified atom stereocenters. The zero-order chi connectivity index (χ0) is 18.2. The number of sulfonamides is 1. The normalized spacial score (nSPS) is 20.0. The zero-order valence-electron chi connectivity index (χ0n) is 15.8. The van der Waals surface area contributed by atoms with Crippen LogP contribution in [0.2, 0.25) is 0 Å². The van der Waals surface area contributed by atoms with Gasteiger partial charge in [-0.2, -0.15) is 0 Å². The molecule has 0 amide bonds. The summed E-state index contributed by atoms with van der Waals surface area (Å²) >= 11 is 0. The molecule has 1 aliphatic rings. The van der Waals surface area contributed by atoms with Gasteiger partial charge >= 0.3 is 0 Å². The Labute approximate surface area is 169 Å². The zero-order valence-corrected chi connectivity index (χ0v) is 18.9. The molecule has 0 radical (unpaired) electrons. The van der Waals surface area contributed by atoms with Gasteiger partial charge < -0.3 is 20.1 Å². The van der Waals surface area contributed by atoms with Crippen molar-refractivity contribution in [1.82, 2.24) is 15.4 Å². The monoisotopic (exact) mass is 492 g/mol. The molecule has 1 aliphatic heterocycles. The van der Waals surface area contributed by atoms with Crippen LogP contribution in [0.1, 0.15) is 34.1 Å². The van der Waals surface area contributed by atoms with Crippen molar-refractivity contribution in [2.24, 2.45) is 4.99 Å². The molecule has 0 bridgehead atoms. The molecule has 25 heavy (non-hydrogen) atoms. The topological polar surface area (TPSA) is 101 Å². The van der Waals surface area contributed by atoms with Crippen molar-refractivity contribution in [3.8, 4) is 0 Å². The van der Waals surface area contributed by atoms with E-state index < -0.39 is 15.6 Å². The Kier molecular flexibility index (Phi) is 11.4. The first-order chi connectivity index (χ1) is 11.1. The molecule has 1 fully saturated rings. The Bertz CT molecular complexity index is 508. The predicted octanol–water partition coefficient (Wildman–Crippen LogP) is 0.681. The third-order valence-electron chi connectivity index (χ3n) is 3.29. The van der Waals surface area contributed by atoms with Gasteiger partial charge in [0.1, 0.15) is 0 Å². The fourth-order valence-corrected chi connectivity index (χ4v) is 3.40. The molecule has 1 saturated heterocycles. The molecular formula is C15H33IN4O4S. The van der Waals surface area contributed by atoms with E-state index in [-0.39, 0.29) is 36.1 Å². The largest absolute Gasteiger partial charge is 0.379 e. The molecule has 8 nitrogen and oxygen atoms in total. The molecule has 0 aromatic rings.